The van der Waals surface area contributed by atoms with E-state index in [4.69, 9.17) is 4.74 Å². The molecule has 3 rings (SSSR count). The van der Waals surface area contributed by atoms with Crippen LogP contribution in [0.1, 0.15) is 46.5 Å². The fourth-order valence-electron chi connectivity index (χ4n) is 2.67. The van der Waals surface area contributed by atoms with Crippen LogP contribution in [0.15, 0.2) is 29.3 Å². The van der Waals surface area contributed by atoms with Gasteiger partial charge in [0, 0.05) is 10.4 Å². The molecule has 0 saturated carbocycles. The molecule has 0 unspecified atom stereocenters. The minimum Gasteiger partial charge on any atom is -0.444 e. The van der Waals surface area contributed by atoms with Crippen LogP contribution < -0.4 is 10.9 Å². The second-order valence-corrected chi connectivity index (χ2v) is 8.83. The van der Waals surface area contributed by atoms with E-state index in [1.807, 2.05) is 26.0 Å². The second-order valence-electron chi connectivity index (χ2n) is 7.78. The molecular weight excluding hydrogens is 378 g/mol. The molecule has 3 aromatic rings. The van der Waals surface area contributed by atoms with Crippen molar-refractivity contribution < 1.29 is 9.53 Å². The van der Waals surface area contributed by atoms with E-state index < -0.39 is 17.7 Å². The minimum atomic E-state index is -0.614. The average Bonchev–Trinajstić information content (AvgIpc) is 3.03. The van der Waals surface area contributed by atoms with Crippen molar-refractivity contribution in [1.82, 2.24) is 25.5 Å². The minimum absolute atomic E-state index is 0.00405. The van der Waals surface area contributed by atoms with Crippen molar-refractivity contribution in [3.63, 3.8) is 0 Å². The Morgan fingerprint density at radius 3 is 2.64 bits per heavy atom. The van der Waals surface area contributed by atoms with Crippen molar-refractivity contribution in [1.29, 1.82) is 0 Å². The van der Waals surface area contributed by atoms with Crippen molar-refractivity contribution in [2.45, 2.75) is 46.3 Å². The first-order valence-corrected chi connectivity index (χ1v) is 9.76. The Hall–Kier alpha value is -2.81. The Balaban J connectivity index is 1.96. The van der Waals surface area contributed by atoms with Gasteiger partial charge in [-0.25, -0.2) is 9.78 Å². The molecule has 0 radical (unpaired) electrons. The van der Waals surface area contributed by atoms with E-state index in [1.54, 1.807) is 33.2 Å². The lowest BCUT2D eigenvalue weighted by atomic mass is 10.0. The number of ether oxygens (including phenoxy) is 1. The van der Waals surface area contributed by atoms with Crippen molar-refractivity contribution in [3.8, 4) is 10.4 Å². The van der Waals surface area contributed by atoms with E-state index in [2.05, 4.69) is 25.5 Å². The summed E-state index contributed by atoms with van der Waals surface area (Å²) < 4.78 is 5.86. The molecule has 3 heterocycles. The van der Waals surface area contributed by atoms with E-state index in [0.717, 1.165) is 10.4 Å². The first kappa shape index (κ1) is 19.9. The third-order valence-electron chi connectivity index (χ3n) is 3.90. The van der Waals surface area contributed by atoms with E-state index >= 15 is 0 Å². The highest BCUT2D eigenvalue weighted by atomic mass is 32.1. The highest BCUT2D eigenvalue weighted by Gasteiger charge is 2.25. The maximum absolute atomic E-state index is 12.6. The molecule has 0 aliphatic heterocycles. The Morgan fingerprint density at radius 2 is 2.04 bits per heavy atom. The van der Waals surface area contributed by atoms with Gasteiger partial charge in [-0.05, 0) is 38.8 Å². The van der Waals surface area contributed by atoms with Crippen LogP contribution >= 0.6 is 11.3 Å². The maximum Gasteiger partial charge on any atom is 0.408 e. The van der Waals surface area contributed by atoms with Crippen LogP contribution in [0.4, 0.5) is 4.79 Å². The fourth-order valence-corrected chi connectivity index (χ4v) is 3.65. The van der Waals surface area contributed by atoms with Gasteiger partial charge in [0.25, 0.3) is 5.56 Å². The Kier molecular flexibility index (Phi) is 5.46. The molecule has 28 heavy (non-hydrogen) atoms. The van der Waals surface area contributed by atoms with Crippen LogP contribution in [0.3, 0.4) is 0 Å². The normalized spacial score (nSPS) is 12.9. The van der Waals surface area contributed by atoms with E-state index in [9.17, 15) is 9.59 Å². The molecule has 9 heteroatoms. The zero-order valence-electron chi connectivity index (χ0n) is 16.4. The molecule has 0 fully saturated rings. The van der Waals surface area contributed by atoms with Gasteiger partial charge in [-0.15, -0.1) is 11.3 Å². The van der Waals surface area contributed by atoms with Gasteiger partial charge < -0.3 is 15.0 Å². The molecule has 0 saturated heterocycles. The first-order valence-electron chi connectivity index (χ1n) is 8.94. The lowest BCUT2D eigenvalue weighted by molar-refractivity contribution is 0.0486. The molecular formula is C19H23N5O3S. The summed E-state index contributed by atoms with van der Waals surface area (Å²) in [5, 5.41) is 10.5. The van der Waals surface area contributed by atoms with Crippen LogP contribution in [-0.4, -0.2) is 31.9 Å². The predicted molar refractivity (Wildman–Crippen MR) is 108 cm³/mol. The summed E-state index contributed by atoms with van der Waals surface area (Å²) in [7, 11) is 0. The highest BCUT2D eigenvalue weighted by Crippen LogP contribution is 2.31. The van der Waals surface area contributed by atoms with Crippen LogP contribution in [0.25, 0.3) is 20.7 Å². The van der Waals surface area contributed by atoms with Gasteiger partial charge in [0.1, 0.15) is 16.1 Å². The molecule has 2 N–H and O–H groups in total. The quantitative estimate of drug-likeness (QED) is 0.690. The topological polar surface area (TPSA) is 110 Å². The number of carbonyl (C=O) groups is 1. The Morgan fingerprint density at radius 1 is 1.29 bits per heavy atom. The Labute approximate surface area is 166 Å². The van der Waals surface area contributed by atoms with Crippen LogP contribution in [0, 0.1) is 5.92 Å². The monoisotopic (exact) mass is 401 g/mol. The third kappa shape index (κ3) is 4.53. The predicted octanol–water partition coefficient (Wildman–Crippen LogP) is 3.66. The number of aromatic nitrogens is 4. The summed E-state index contributed by atoms with van der Waals surface area (Å²) in [4.78, 5) is 33.1. The summed E-state index contributed by atoms with van der Waals surface area (Å²) in [5.74, 6) is 0.395. The number of hydrogen-bond donors (Lipinski definition) is 2. The largest absolute Gasteiger partial charge is 0.444 e. The molecule has 0 aliphatic carbocycles. The third-order valence-corrected chi connectivity index (χ3v) is 5.08. The zero-order valence-corrected chi connectivity index (χ0v) is 17.3. The number of carbonyl (C=O) groups excluding carboxylic acids is 1. The summed E-state index contributed by atoms with van der Waals surface area (Å²) in [6.45, 7) is 9.26. The molecule has 1 amide bonds. The molecule has 0 aromatic carbocycles. The molecule has 8 nitrogen and oxygen atoms in total. The summed E-state index contributed by atoms with van der Waals surface area (Å²) in [6.07, 6.45) is 2.69. The lowest BCUT2D eigenvalue weighted by Gasteiger charge is -2.25. The first-order chi connectivity index (χ1) is 13.1. The molecule has 148 valence electrons. The lowest BCUT2D eigenvalue weighted by Crippen LogP contribution is -2.38. The number of rotatable bonds is 4. The van der Waals surface area contributed by atoms with Gasteiger partial charge in [0.05, 0.1) is 24.0 Å². The van der Waals surface area contributed by atoms with E-state index in [1.165, 1.54) is 11.3 Å². The van der Waals surface area contributed by atoms with Gasteiger partial charge in [0.2, 0.25) is 0 Å². The standard InChI is InChI=1S/C19H23N5O3S/c1-10(2)14(23-18(26)27-19(3,4)5)16-22-12-8-13(11-6-7-20-21-9-11)28-15(12)17(25)24-16/h6-10,14H,1-5H3,(H,23,26)(H,22,24,25)/t14-/m0/s1. The van der Waals surface area contributed by atoms with Crippen molar-refractivity contribution in [2.75, 3.05) is 0 Å². The summed E-state index contributed by atoms with van der Waals surface area (Å²) in [6, 6.07) is 3.19. The average molecular weight is 401 g/mol. The number of thiophene rings is 1. The van der Waals surface area contributed by atoms with E-state index in [0.29, 0.717) is 16.0 Å². The molecule has 0 bridgehead atoms. The number of H-pyrrole nitrogens is 1. The highest BCUT2D eigenvalue weighted by molar-refractivity contribution is 7.22. The molecule has 0 spiro atoms. The van der Waals surface area contributed by atoms with Gasteiger partial charge >= 0.3 is 6.09 Å². The number of fused-ring (bicyclic) bond motifs is 1. The zero-order chi connectivity index (χ0) is 20.5. The number of nitrogens with zero attached hydrogens (tertiary/aromatic N) is 3. The number of aromatic amines is 1. The van der Waals surface area contributed by atoms with Crippen LogP contribution in [0.5, 0.6) is 0 Å². The molecule has 1 atom stereocenters. The van der Waals surface area contributed by atoms with Crippen molar-refractivity contribution in [3.05, 3.63) is 40.7 Å². The number of amides is 1. The summed E-state index contributed by atoms with van der Waals surface area (Å²) in [5.41, 5.74) is 0.588. The maximum atomic E-state index is 12.6. The van der Waals surface area contributed by atoms with Gasteiger partial charge in [-0.1, -0.05) is 13.8 Å². The second kappa shape index (κ2) is 7.67. The fraction of sp³-hybridized carbons (Fsp3) is 0.421. The molecule has 0 aliphatic rings. The van der Waals surface area contributed by atoms with Gasteiger partial charge in [-0.3, -0.25) is 4.79 Å². The van der Waals surface area contributed by atoms with Crippen molar-refractivity contribution in [2.24, 2.45) is 5.92 Å². The van der Waals surface area contributed by atoms with Gasteiger partial charge in [0.15, 0.2) is 0 Å². The number of alkyl carbamates (subject to hydrolysis) is 1. The Bertz CT molecular complexity index is 1040. The van der Waals surface area contributed by atoms with E-state index in [-0.39, 0.29) is 11.5 Å². The SMILES string of the molecule is CC(C)[C@H](NC(=O)OC(C)(C)C)c1nc2cc(-c3ccnnc3)sc2c(=O)[nH]1. The van der Waals surface area contributed by atoms with Crippen LogP contribution in [-0.2, 0) is 4.74 Å². The van der Waals surface area contributed by atoms with Gasteiger partial charge in [-0.2, -0.15) is 10.2 Å². The van der Waals surface area contributed by atoms with Crippen molar-refractivity contribution >= 4 is 27.6 Å². The number of hydrogen-bond acceptors (Lipinski definition) is 7. The smallest absolute Gasteiger partial charge is 0.408 e. The van der Waals surface area contributed by atoms with Crippen LogP contribution in [0.2, 0.25) is 0 Å². The molecule has 3 aromatic heterocycles. The summed E-state index contributed by atoms with van der Waals surface area (Å²) >= 11 is 1.34. The number of nitrogens with one attached hydrogen (secondary N) is 2.